The van der Waals surface area contributed by atoms with Gasteiger partial charge in [-0.2, -0.15) is 22.0 Å². The summed E-state index contributed by atoms with van der Waals surface area (Å²) in [6.07, 6.45) is -5.24. The van der Waals surface area contributed by atoms with Gasteiger partial charge in [0.1, 0.15) is 5.69 Å². The Morgan fingerprint density at radius 2 is 1.75 bits per heavy atom. The van der Waals surface area contributed by atoms with E-state index in [9.17, 15) is 22.0 Å². The second kappa shape index (κ2) is 3.99. The molecule has 0 bridgehead atoms. The Balaban J connectivity index is 3.25. The first-order valence-electron chi connectivity index (χ1n) is 4.57. The van der Waals surface area contributed by atoms with E-state index in [1.807, 2.05) is 0 Å². The first kappa shape index (κ1) is 12.9. The third-order valence-electron chi connectivity index (χ3n) is 1.99. The fourth-order valence-electron chi connectivity index (χ4n) is 1.29. The maximum absolute atomic E-state index is 13.1. The van der Waals surface area contributed by atoms with Gasteiger partial charge in [-0.3, -0.25) is 0 Å². The van der Waals surface area contributed by atoms with E-state index >= 15 is 0 Å². The molecule has 0 saturated heterocycles. The molecule has 1 aromatic rings. The number of hydrogen-bond acceptors (Lipinski definition) is 2. The Hall–Kier alpha value is -1.21. The normalized spacial score (nSPS) is 13.2. The molecule has 3 nitrogen and oxygen atoms in total. The Labute approximate surface area is 88.2 Å². The largest absolute Gasteiger partial charge is 0.459 e. The van der Waals surface area contributed by atoms with Crippen molar-refractivity contribution in [2.75, 3.05) is 0 Å². The van der Waals surface area contributed by atoms with Crippen LogP contribution in [0.5, 0.6) is 0 Å². The second-order valence-corrected chi connectivity index (χ2v) is 3.32. The minimum atomic E-state index is -5.63. The number of halogens is 5. The minimum absolute atomic E-state index is 0.0259. The standard InChI is InChI=1S/C8H10F5N3/c1-3-4-16-6(5(2)14-15-16)7(9,10)8(11,12)13/h3-4H2,1-2H3. The van der Waals surface area contributed by atoms with Crippen molar-refractivity contribution in [3.63, 3.8) is 0 Å². The number of rotatable bonds is 3. The highest BCUT2D eigenvalue weighted by Gasteiger charge is 2.61. The maximum Gasteiger partial charge on any atom is 0.459 e. The summed E-state index contributed by atoms with van der Waals surface area (Å²) >= 11 is 0. The third-order valence-corrected chi connectivity index (χ3v) is 1.99. The van der Waals surface area contributed by atoms with Crippen molar-refractivity contribution in [1.29, 1.82) is 0 Å². The van der Waals surface area contributed by atoms with Gasteiger partial charge in [-0.15, -0.1) is 5.10 Å². The average molecular weight is 243 g/mol. The molecule has 1 heterocycles. The lowest BCUT2D eigenvalue weighted by molar-refractivity contribution is -0.292. The van der Waals surface area contributed by atoms with E-state index in [1.54, 1.807) is 6.92 Å². The molecule has 16 heavy (non-hydrogen) atoms. The van der Waals surface area contributed by atoms with E-state index in [2.05, 4.69) is 10.3 Å². The number of nitrogens with zero attached hydrogens (tertiary/aromatic N) is 3. The van der Waals surface area contributed by atoms with Crippen molar-refractivity contribution in [3.8, 4) is 0 Å². The fraction of sp³-hybridized carbons (Fsp3) is 0.750. The molecule has 0 aliphatic carbocycles. The molecule has 0 atom stereocenters. The summed E-state index contributed by atoms with van der Waals surface area (Å²) < 4.78 is 63.4. The first-order valence-corrected chi connectivity index (χ1v) is 4.57. The molecule has 0 fully saturated rings. The predicted octanol–water partition coefficient (Wildman–Crippen LogP) is 2.65. The minimum Gasteiger partial charge on any atom is -0.243 e. The molecular weight excluding hydrogens is 233 g/mol. The van der Waals surface area contributed by atoms with Crippen LogP contribution in [0.4, 0.5) is 22.0 Å². The van der Waals surface area contributed by atoms with Crippen LogP contribution in [-0.4, -0.2) is 21.2 Å². The summed E-state index contributed by atoms with van der Waals surface area (Å²) in [4.78, 5) is 0. The molecule has 0 aromatic carbocycles. The van der Waals surface area contributed by atoms with Crippen LogP contribution in [0.15, 0.2) is 0 Å². The molecule has 92 valence electrons. The van der Waals surface area contributed by atoms with Gasteiger partial charge in [-0.25, -0.2) is 4.68 Å². The molecule has 0 spiro atoms. The van der Waals surface area contributed by atoms with E-state index in [0.29, 0.717) is 11.1 Å². The van der Waals surface area contributed by atoms with Crippen molar-refractivity contribution in [3.05, 3.63) is 11.4 Å². The predicted molar refractivity (Wildman–Crippen MR) is 45.0 cm³/mol. The van der Waals surface area contributed by atoms with Crippen LogP contribution in [0.2, 0.25) is 0 Å². The van der Waals surface area contributed by atoms with E-state index in [4.69, 9.17) is 0 Å². The van der Waals surface area contributed by atoms with Gasteiger partial charge < -0.3 is 0 Å². The topological polar surface area (TPSA) is 30.7 Å². The lowest BCUT2D eigenvalue weighted by Crippen LogP contribution is -2.36. The highest BCUT2D eigenvalue weighted by molar-refractivity contribution is 5.16. The molecule has 1 rings (SSSR count). The van der Waals surface area contributed by atoms with Crippen molar-refractivity contribution in [2.45, 2.75) is 38.9 Å². The van der Waals surface area contributed by atoms with Gasteiger partial charge >= 0.3 is 12.1 Å². The Morgan fingerprint density at radius 1 is 1.19 bits per heavy atom. The summed E-state index contributed by atoms with van der Waals surface area (Å²) in [6, 6.07) is 0. The zero-order valence-electron chi connectivity index (χ0n) is 8.65. The van der Waals surface area contributed by atoms with Gasteiger partial charge in [0.2, 0.25) is 0 Å². The Morgan fingerprint density at radius 3 is 2.19 bits per heavy atom. The molecule has 0 amide bonds. The molecule has 0 aliphatic rings. The lowest BCUT2D eigenvalue weighted by Gasteiger charge is -2.20. The van der Waals surface area contributed by atoms with Gasteiger partial charge in [0.15, 0.2) is 0 Å². The molecule has 0 N–H and O–H groups in total. The van der Waals surface area contributed by atoms with Gasteiger partial charge in [0.05, 0.1) is 5.69 Å². The van der Waals surface area contributed by atoms with Crippen molar-refractivity contribution in [1.82, 2.24) is 15.0 Å². The number of aromatic nitrogens is 3. The maximum atomic E-state index is 13.1. The van der Waals surface area contributed by atoms with E-state index in [-0.39, 0.29) is 6.54 Å². The van der Waals surface area contributed by atoms with E-state index in [1.165, 1.54) is 0 Å². The summed E-state index contributed by atoms with van der Waals surface area (Å²) in [7, 11) is 0. The zero-order chi connectivity index (χ0) is 12.6. The van der Waals surface area contributed by atoms with E-state index in [0.717, 1.165) is 6.92 Å². The van der Waals surface area contributed by atoms with Gasteiger partial charge in [0, 0.05) is 6.54 Å². The highest BCUT2D eigenvalue weighted by atomic mass is 19.4. The molecule has 1 aromatic heterocycles. The summed E-state index contributed by atoms with van der Waals surface area (Å²) in [5.74, 6) is -4.92. The van der Waals surface area contributed by atoms with Crippen LogP contribution in [0.3, 0.4) is 0 Å². The Kier molecular flexibility index (Phi) is 3.20. The monoisotopic (exact) mass is 243 g/mol. The summed E-state index contributed by atoms with van der Waals surface area (Å²) in [6.45, 7) is 2.70. The van der Waals surface area contributed by atoms with Crippen LogP contribution in [0.25, 0.3) is 0 Å². The zero-order valence-corrected chi connectivity index (χ0v) is 8.65. The summed E-state index contributed by atoms with van der Waals surface area (Å²) in [5.41, 5.74) is -1.59. The average Bonchev–Trinajstić information content (AvgIpc) is 2.46. The van der Waals surface area contributed by atoms with Gasteiger partial charge in [-0.05, 0) is 13.3 Å². The lowest BCUT2D eigenvalue weighted by atomic mass is 10.2. The van der Waals surface area contributed by atoms with Crippen molar-refractivity contribution < 1.29 is 22.0 Å². The molecule has 0 unspecified atom stereocenters. The molecule has 8 heteroatoms. The molecule has 0 radical (unpaired) electrons. The van der Waals surface area contributed by atoms with Crippen LogP contribution in [-0.2, 0) is 12.5 Å². The fourth-order valence-corrected chi connectivity index (χ4v) is 1.29. The molecular formula is C8H10F5N3. The molecule has 0 saturated carbocycles. The number of alkyl halides is 5. The van der Waals surface area contributed by atoms with E-state index < -0.39 is 23.5 Å². The first-order chi connectivity index (χ1) is 7.21. The molecule has 0 aliphatic heterocycles. The Bertz CT molecular complexity index is 368. The second-order valence-electron chi connectivity index (χ2n) is 3.32. The number of hydrogen-bond donors (Lipinski definition) is 0. The quantitative estimate of drug-likeness (QED) is 0.764. The smallest absolute Gasteiger partial charge is 0.243 e. The van der Waals surface area contributed by atoms with Crippen LogP contribution >= 0.6 is 0 Å². The van der Waals surface area contributed by atoms with Crippen LogP contribution < -0.4 is 0 Å². The van der Waals surface area contributed by atoms with Gasteiger partial charge in [-0.1, -0.05) is 12.1 Å². The summed E-state index contributed by atoms with van der Waals surface area (Å²) in [5, 5.41) is 6.52. The third kappa shape index (κ3) is 2.00. The van der Waals surface area contributed by atoms with Crippen LogP contribution in [0, 0.1) is 6.92 Å². The van der Waals surface area contributed by atoms with Crippen molar-refractivity contribution >= 4 is 0 Å². The van der Waals surface area contributed by atoms with Crippen LogP contribution in [0.1, 0.15) is 24.7 Å². The number of aryl methyl sites for hydroxylation is 2. The SMILES string of the molecule is CCCn1nnc(C)c1C(F)(F)C(F)(F)F. The highest BCUT2D eigenvalue weighted by Crippen LogP contribution is 2.44. The van der Waals surface area contributed by atoms with Gasteiger partial charge in [0.25, 0.3) is 0 Å². The van der Waals surface area contributed by atoms with Crippen molar-refractivity contribution in [2.24, 2.45) is 0 Å².